The van der Waals surface area contributed by atoms with Crippen molar-refractivity contribution in [3.05, 3.63) is 42.2 Å². The highest BCUT2D eigenvalue weighted by Gasteiger charge is 2.37. The summed E-state index contributed by atoms with van der Waals surface area (Å²) in [6, 6.07) is 8.98. The van der Waals surface area contributed by atoms with Gasteiger partial charge in [-0.2, -0.15) is 17.7 Å². The third-order valence-electron chi connectivity index (χ3n) is 2.89. The molecule has 0 bridgehead atoms. The van der Waals surface area contributed by atoms with Crippen molar-refractivity contribution in [3.63, 3.8) is 0 Å². The number of rotatable bonds is 3. The van der Waals surface area contributed by atoms with Crippen LogP contribution in [0.25, 0.3) is 5.65 Å². The molecule has 0 unspecified atom stereocenters. The lowest BCUT2D eigenvalue weighted by Crippen LogP contribution is -2.12. The SMILES string of the molecule is CC(=O)Nc1ccc(Oc2ccc3nnc(C(F)(F)F)n3n2)cc1. The lowest BCUT2D eigenvalue weighted by atomic mass is 10.3. The number of benzene rings is 1. The first kappa shape index (κ1) is 15.7. The Bertz CT molecular complexity index is 890. The van der Waals surface area contributed by atoms with E-state index in [-0.39, 0.29) is 17.4 Å². The molecule has 0 aliphatic heterocycles. The van der Waals surface area contributed by atoms with Crippen LogP contribution in [0.4, 0.5) is 18.9 Å². The van der Waals surface area contributed by atoms with Gasteiger partial charge in [-0.3, -0.25) is 4.79 Å². The number of fused-ring (bicyclic) bond motifs is 1. The van der Waals surface area contributed by atoms with E-state index in [0.29, 0.717) is 16.0 Å². The van der Waals surface area contributed by atoms with Crippen LogP contribution in [0.15, 0.2) is 36.4 Å². The molecule has 7 nitrogen and oxygen atoms in total. The van der Waals surface area contributed by atoms with Crippen LogP contribution in [0, 0.1) is 0 Å². The van der Waals surface area contributed by atoms with Crippen LogP contribution >= 0.6 is 0 Å². The highest BCUT2D eigenvalue weighted by Crippen LogP contribution is 2.28. The van der Waals surface area contributed by atoms with Gasteiger partial charge in [0.25, 0.3) is 5.82 Å². The van der Waals surface area contributed by atoms with Crippen molar-refractivity contribution in [1.82, 2.24) is 19.8 Å². The van der Waals surface area contributed by atoms with Crippen LogP contribution in [0.3, 0.4) is 0 Å². The molecular formula is C14H10F3N5O2. The summed E-state index contributed by atoms with van der Waals surface area (Å²) in [6.07, 6.45) is -4.68. The van der Waals surface area contributed by atoms with Crippen LogP contribution in [0.1, 0.15) is 12.7 Å². The molecule has 0 spiro atoms. The summed E-state index contributed by atoms with van der Waals surface area (Å²) in [4.78, 5) is 10.9. The Morgan fingerprint density at radius 1 is 1.12 bits per heavy atom. The highest BCUT2D eigenvalue weighted by atomic mass is 19.4. The van der Waals surface area contributed by atoms with Crippen molar-refractivity contribution in [2.45, 2.75) is 13.1 Å². The first-order valence-electron chi connectivity index (χ1n) is 6.68. The first-order valence-corrected chi connectivity index (χ1v) is 6.68. The molecular weight excluding hydrogens is 327 g/mol. The Balaban J connectivity index is 1.86. The van der Waals surface area contributed by atoms with E-state index in [2.05, 4.69) is 20.6 Å². The van der Waals surface area contributed by atoms with E-state index in [1.807, 2.05) is 0 Å². The Hall–Kier alpha value is -3.17. The molecule has 1 N–H and O–H groups in total. The molecule has 0 aliphatic rings. The number of carbonyl (C=O) groups is 1. The van der Waals surface area contributed by atoms with Crippen LogP contribution in [0.2, 0.25) is 0 Å². The second-order valence-electron chi connectivity index (χ2n) is 4.77. The molecule has 1 aromatic carbocycles. The molecule has 0 saturated heterocycles. The average Bonchev–Trinajstić information content (AvgIpc) is 2.92. The molecule has 2 aromatic heterocycles. The number of amides is 1. The minimum atomic E-state index is -4.68. The molecule has 10 heteroatoms. The highest BCUT2D eigenvalue weighted by molar-refractivity contribution is 5.88. The molecule has 0 saturated carbocycles. The second-order valence-corrected chi connectivity index (χ2v) is 4.77. The number of halogens is 3. The van der Waals surface area contributed by atoms with E-state index in [0.717, 1.165) is 0 Å². The second kappa shape index (κ2) is 5.80. The van der Waals surface area contributed by atoms with Crippen molar-refractivity contribution in [3.8, 4) is 11.6 Å². The number of aromatic nitrogens is 4. The number of anilines is 1. The molecule has 0 atom stereocenters. The predicted molar refractivity (Wildman–Crippen MR) is 76.6 cm³/mol. The van der Waals surface area contributed by atoms with Gasteiger partial charge >= 0.3 is 6.18 Å². The van der Waals surface area contributed by atoms with Crippen molar-refractivity contribution >= 4 is 17.2 Å². The van der Waals surface area contributed by atoms with Crippen molar-refractivity contribution in [2.75, 3.05) is 5.32 Å². The van der Waals surface area contributed by atoms with Gasteiger partial charge in [0.2, 0.25) is 11.8 Å². The van der Waals surface area contributed by atoms with Crippen LogP contribution in [-0.4, -0.2) is 25.7 Å². The number of nitrogens with zero attached hydrogens (tertiary/aromatic N) is 4. The fraction of sp³-hybridized carbons (Fsp3) is 0.143. The fourth-order valence-corrected chi connectivity index (χ4v) is 1.93. The van der Waals surface area contributed by atoms with Crippen LogP contribution in [-0.2, 0) is 11.0 Å². The third kappa shape index (κ3) is 3.26. The van der Waals surface area contributed by atoms with E-state index < -0.39 is 12.0 Å². The summed E-state index contributed by atoms with van der Waals surface area (Å²) in [7, 11) is 0. The number of hydrogen-bond acceptors (Lipinski definition) is 5. The molecule has 1 amide bonds. The molecule has 124 valence electrons. The monoisotopic (exact) mass is 337 g/mol. The van der Waals surface area contributed by atoms with Gasteiger partial charge in [0.05, 0.1) is 0 Å². The van der Waals surface area contributed by atoms with Gasteiger partial charge < -0.3 is 10.1 Å². The minimum absolute atomic E-state index is 0.0457. The summed E-state index contributed by atoms with van der Waals surface area (Å²) >= 11 is 0. The minimum Gasteiger partial charge on any atom is -0.438 e. The summed E-state index contributed by atoms with van der Waals surface area (Å²) in [5.41, 5.74) is 0.520. The maximum atomic E-state index is 12.8. The average molecular weight is 337 g/mol. The lowest BCUT2D eigenvalue weighted by Gasteiger charge is -2.07. The maximum absolute atomic E-state index is 12.8. The number of nitrogens with one attached hydrogen (secondary N) is 1. The fourth-order valence-electron chi connectivity index (χ4n) is 1.93. The van der Waals surface area contributed by atoms with Gasteiger partial charge in [0, 0.05) is 18.7 Å². The zero-order valence-corrected chi connectivity index (χ0v) is 12.2. The summed E-state index contributed by atoms with van der Waals surface area (Å²) in [5, 5.41) is 12.8. The molecule has 0 aliphatic carbocycles. The summed E-state index contributed by atoms with van der Waals surface area (Å²) in [6.45, 7) is 1.38. The van der Waals surface area contributed by atoms with Crippen LogP contribution in [0.5, 0.6) is 11.6 Å². The Morgan fingerprint density at radius 3 is 2.46 bits per heavy atom. The standard InChI is InChI=1S/C14H10F3N5O2/c1-8(23)18-9-2-4-10(5-3-9)24-12-7-6-11-19-20-13(14(15,16)17)22(11)21-12/h2-7H,1H3,(H,18,23). The van der Waals surface area contributed by atoms with E-state index in [1.54, 1.807) is 24.3 Å². The summed E-state index contributed by atoms with van der Waals surface area (Å²) < 4.78 is 44.4. The lowest BCUT2D eigenvalue weighted by molar-refractivity contribution is -0.146. The molecule has 3 aromatic rings. The van der Waals surface area contributed by atoms with Crippen molar-refractivity contribution in [1.29, 1.82) is 0 Å². The zero-order valence-electron chi connectivity index (χ0n) is 12.2. The Morgan fingerprint density at radius 2 is 1.83 bits per heavy atom. The predicted octanol–water partition coefficient (Wildman–Crippen LogP) is 2.89. The Labute approximate surface area is 133 Å². The molecule has 24 heavy (non-hydrogen) atoms. The molecule has 2 heterocycles. The number of carbonyl (C=O) groups excluding carboxylic acids is 1. The Kier molecular flexibility index (Phi) is 3.80. The van der Waals surface area contributed by atoms with E-state index in [4.69, 9.17) is 4.74 Å². The zero-order chi connectivity index (χ0) is 17.3. The van der Waals surface area contributed by atoms with E-state index >= 15 is 0 Å². The largest absolute Gasteiger partial charge is 0.453 e. The van der Waals surface area contributed by atoms with Crippen molar-refractivity contribution < 1.29 is 22.7 Å². The maximum Gasteiger partial charge on any atom is 0.453 e. The van der Waals surface area contributed by atoms with Crippen LogP contribution < -0.4 is 10.1 Å². The van der Waals surface area contributed by atoms with Crippen molar-refractivity contribution in [2.24, 2.45) is 0 Å². The van der Waals surface area contributed by atoms with Gasteiger partial charge in [-0.05, 0) is 30.3 Å². The third-order valence-corrected chi connectivity index (χ3v) is 2.89. The first-order chi connectivity index (χ1) is 11.3. The van der Waals surface area contributed by atoms with Gasteiger partial charge in [-0.15, -0.1) is 15.3 Å². The number of ether oxygens (including phenoxy) is 1. The van der Waals surface area contributed by atoms with Gasteiger partial charge in [-0.25, -0.2) is 0 Å². The smallest absolute Gasteiger partial charge is 0.438 e. The topological polar surface area (TPSA) is 81.4 Å². The van der Waals surface area contributed by atoms with Gasteiger partial charge in [-0.1, -0.05) is 0 Å². The summed E-state index contributed by atoms with van der Waals surface area (Å²) in [5.74, 6) is -1.16. The van der Waals surface area contributed by atoms with E-state index in [9.17, 15) is 18.0 Å². The van der Waals surface area contributed by atoms with E-state index in [1.165, 1.54) is 19.1 Å². The molecule has 3 rings (SSSR count). The molecule has 0 fully saturated rings. The number of alkyl halides is 3. The number of hydrogen-bond donors (Lipinski definition) is 1. The molecule has 0 radical (unpaired) electrons. The quantitative estimate of drug-likeness (QED) is 0.795. The normalized spacial score (nSPS) is 11.5. The van der Waals surface area contributed by atoms with Gasteiger partial charge in [0.1, 0.15) is 5.75 Å². The van der Waals surface area contributed by atoms with Gasteiger partial charge in [0.15, 0.2) is 5.65 Å².